The molecule has 8 nitrogen and oxygen atoms in total. The first-order chi connectivity index (χ1) is 17.4. The van der Waals surface area contributed by atoms with Gasteiger partial charge < -0.3 is 15.8 Å². The van der Waals surface area contributed by atoms with Crippen molar-refractivity contribution in [2.24, 2.45) is 28.9 Å². The first kappa shape index (κ1) is 23.4. The SMILES string of the molecule is NC(=O)COc1ccc(CN2CCc3c(ncnc3NC(=O)CC34CC5CC(CC(C5)C3)C4)C2)cc1. The fourth-order valence-electron chi connectivity index (χ4n) is 7.78. The van der Waals surface area contributed by atoms with Gasteiger partial charge in [-0.05, 0) is 85.8 Å². The molecule has 36 heavy (non-hydrogen) atoms. The molecule has 2 aromatic rings. The maximum atomic E-state index is 13.2. The molecule has 1 aromatic carbocycles. The summed E-state index contributed by atoms with van der Waals surface area (Å²) in [5.74, 6) is 3.51. The Morgan fingerprint density at radius 2 is 1.75 bits per heavy atom. The highest BCUT2D eigenvalue weighted by Gasteiger charge is 2.51. The van der Waals surface area contributed by atoms with Crippen molar-refractivity contribution in [1.82, 2.24) is 14.9 Å². The molecule has 5 aliphatic rings. The molecule has 2 heterocycles. The van der Waals surface area contributed by atoms with Crippen LogP contribution in [0, 0.1) is 23.2 Å². The van der Waals surface area contributed by atoms with Crippen LogP contribution < -0.4 is 15.8 Å². The molecule has 8 heteroatoms. The van der Waals surface area contributed by atoms with E-state index in [0.717, 1.165) is 60.6 Å². The van der Waals surface area contributed by atoms with Gasteiger partial charge in [0.15, 0.2) is 6.61 Å². The molecule has 3 N–H and O–H groups in total. The van der Waals surface area contributed by atoms with Crippen LogP contribution in [-0.4, -0.2) is 39.8 Å². The highest BCUT2D eigenvalue weighted by molar-refractivity contribution is 5.91. The van der Waals surface area contributed by atoms with Gasteiger partial charge >= 0.3 is 0 Å². The number of carbonyl (C=O) groups excluding carboxylic acids is 2. The summed E-state index contributed by atoms with van der Waals surface area (Å²) in [5, 5.41) is 3.18. The molecule has 4 aliphatic carbocycles. The third-order valence-corrected chi connectivity index (χ3v) is 8.76. The second kappa shape index (κ2) is 9.47. The van der Waals surface area contributed by atoms with Gasteiger partial charge in [0.1, 0.15) is 17.9 Å². The Kier molecular flexibility index (Phi) is 6.15. The molecule has 190 valence electrons. The highest BCUT2D eigenvalue weighted by atomic mass is 16.5. The molecule has 4 fully saturated rings. The number of carbonyl (C=O) groups is 2. The van der Waals surface area contributed by atoms with Gasteiger partial charge in [0.2, 0.25) is 5.91 Å². The van der Waals surface area contributed by atoms with E-state index >= 15 is 0 Å². The van der Waals surface area contributed by atoms with E-state index in [9.17, 15) is 9.59 Å². The summed E-state index contributed by atoms with van der Waals surface area (Å²) < 4.78 is 5.34. The van der Waals surface area contributed by atoms with Gasteiger partial charge in [0.05, 0.1) is 5.69 Å². The van der Waals surface area contributed by atoms with Crippen LogP contribution >= 0.6 is 0 Å². The van der Waals surface area contributed by atoms with Crippen LogP contribution in [0.2, 0.25) is 0 Å². The number of nitrogens with zero attached hydrogens (tertiary/aromatic N) is 3. The van der Waals surface area contributed by atoms with Crippen molar-refractivity contribution < 1.29 is 14.3 Å². The number of nitrogens with two attached hydrogens (primary N) is 1. The number of anilines is 1. The van der Waals surface area contributed by atoms with Crippen molar-refractivity contribution in [3.63, 3.8) is 0 Å². The van der Waals surface area contributed by atoms with E-state index in [1.165, 1.54) is 38.5 Å². The quantitative estimate of drug-likeness (QED) is 0.588. The van der Waals surface area contributed by atoms with E-state index < -0.39 is 5.91 Å². The third kappa shape index (κ3) is 4.96. The lowest BCUT2D eigenvalue weighted by molar-refractivity contribution is -0.124. The van der Waals surface area contributed by atoms with E-state index in [1.54, 1.807) is 6.33 Å². The fraction of sp³-hybridized carbons (Fsp3) is 0.571. The Morgan fingerprint density at radius 1 is 1.06 bits per heavy atom. The lowest BCUT2D eigenvalue weighted by Crippen LogP contribution is -2.47. The summed E-state index contributed by atoms with van der Waals surface area (Å²) in [7, 11) is 0. The fourth-order valence-corrected chi connectivity index (χ4v) is 7.78. The van der Waals surface area contributed by atoms with Crippen molar-refractivity contribution in [2.75, 3.05) is 18.5 Å². The Labute approximate surface area is 212 Å². The molecule has 0 radical (unpaired) electrons. The van der Waals surface area contributed by atoms with Crippen molar-refractivity contribution >= 4 is 17.6 Å². The average molecular weight is 490 g/mol. The van der Waals surface area contributed by atoms with Crippen LogP contribution in [0.15, 0.2) is 30.6 Å². The molecule has 4 bridgehead atoms. The summed E-state index contributed by atoms with van der Waals surface area (Å²) >= 11 is 0. The zero-order chi connectivity index (χ0) is 24.7. The number of nitrogens with one attached hydrogen (secondary N) is 1. The molecule has 0 saturated heterocycles. The number of primary amides is 1. The van der Waals surface area contributed by atoms with E-state index in [4.69, 9.17) is 10.5 Å². The lowest BCUT2D eigenvalue weighted by atomic mass is 9.49. The molecule has 4 saturated carbocycles. The summed E-state index contributed by atoms with van der Waals surface area (Å²) in [4.78, 5) is 35.4. The van der Waals surface area contributed by atoms with Gasteiger partial charge in [-0.2, -0.15) is 0 Å². The van der Waals surface area contributed by atoms with E-state index in [0.29, 0.717) is 18.0 Å². The van der Waals surface area contributed by atoms with Crippen LogP contribution in [-0.2, 0) is 29.1 Å². The predicted octanol–water partition coefficient (Wildman–Crippen LogP) is 3.44. The Hall–Kier alpha value is -3.00. The Balaban J connectivity index is 1.07. The molecule has 1 aliphatic heterocycles. The molecule has 7 rings (SSSR count). The molecular weight excluding hydrogens is 454 g/mol. The lowest BCUT2D eigenvalue weighted by Gasteiger charge is -2.56. The topological polar surface area (TPSA) is 110 Å². The largest absolute Gasteiger partial charge is 0.484 e. The monoisotopic (exact) mass is 489 g/mol. The first-order valence-corrected chi connectivity index (χ1v) is 13.3. The van der Waals surface area contributed by atoms with Gasteiger partial charge in [-0.3, -0.25) is 14.5 Å². The molecule has 0 atom stereocenters. The number of hydrogen-bond donors (Lipinski definition) is 2. The zero-order valence-electron chi connectivity index (χ0n) is 20.7. The first-order valence-electron chi connectivity index (χ1n) is 13.3. The highest BCUT2D eigenvalue weighted by Crippen LogP contribution is 2.61. The van der Waals surface area contributed by atoms with Crippen molar-refractivity contribution in [3.8, 4) is 5.75 Å². The summed E-state index contributed by atoms with van der Waals surface area (Å²) in [6.45, 7) is 2.25. The van der Waals surface area contributed by atoms with E-state index in [-0.39, 0.29) is 17.9 Å². The van der Waals surface area contributed by atoms with E-state index in [1.807, 2.05) is 24.3 Å². The van der Waals surface area contributed by atoms with Gasteiger partial charge in [0.25, 0.3) is 5.91 Å². The number of amides is 2. The van der Waals surface area contributed by atoms with Gasteiger partial charge in [-0.25, -0.2) is 9.97 Å². The molecule has 1 aromatic heterocycles. The molecule has 2 amide bonds. The molecule has 0 unspecified atom stereocenters. The Morgan fingerprint density at radius 3 is 2.42 bits per heavy atom. The third-order valence-electron chi connectivity index (χ3n) is 8.76. The van der Waals surface area contributed by atoms with Crippen LogP contribution in [0.5, 0.6) is 5.75 Å². The minimum absolute atomic E-state index is 0.122. The van der Waals surface area contributed by atoms with Crippen LogP contribution in [0.1, 0.15) is 61.8 Å². The molecule has 0 spiro atoms. The smallest absolute Gasteiger partial charge is 0.255 e. The number of hydrogen-bond acceptors (Lipinski definition) is 6. The Bertz CT molecular complexity index is 1110. The summed E-state index contributed by atoms with van der Waals surface area (Å²) in [5.41, 5.74) is 8.58. The second-order valence-corrected chi connectivity index (χ2v) is 11.6. The number of ether oxygens (including phenoxy) is 1. The van der Waals surface area contributed by atoms with Gasteiger partial charge in [-0.1, -0.05) is 12.1 Å². The van der Waals surface area contributed by atoms with E-state index in [2.05, 4.69) is 20.2 Å². The van der Waals surface area contributed by atoms with Crippen molar-refractivity contribution in [3.05, 3.63) is 47.4 Å². The average Bonchev–Trinajstić information content (AvgIpc) is 2.82. The minimum atomic E-state index is -0.489. The standard InChI is InChI=1S/C28H35N5O3/c29-25(34)16-36-22-3-1-18(2-4-22)14-33-6-5-23-24(15-33)30-17-31-27(23)32-26(35)13-28-10-19-7-20(11-28)9-21(8-19)12-28/h1-4,17,19-21H,5-16H2,(H2,29,34)(H,30,31,32,35). The van der Waals surface area contributed by atoms with Crippen LogP contribution in [0.25, 0.3) is 0 Å². The maximum Gasteiger partial charge on any atom is 0.255 e. The van der Waals surface area contributed by atoms with Crippen LogP contribution in [0.4, 0.5) is 5.82 Å². The number of fused-ring (bicyclic) bond motifs is 1. The number of benzene rings is 1. The van der Waals surface area contributed by atoms with Crippen molar-refractivity contribution in [1.29, 1.82) is 0 Å². The summed E-state index contributed by atoms with van der Waals surface area (Å²) in [6.07, 6.45) is 10.9. The normalized spacial score (nSPS) is 28.5. The summed E-state index contributed by atoms with van der Waals surface area (Å²) in [6, 6.07) is 7.72. The van der Waals surface area contributed by atoms with Crippen LogP contribution in [0.3, 0.4) is 0 Å². The maximum absolute atomic E-state index is 13.2. The molecular formula is C28H35N5O3. The second-order valence-electron chi connectivity index (χ2n) is 11.6. The number of rotatable bonds is 8. The number of aromatic nitrogens is 2. The van der Waals surface area contributed by atoms with Gasteiger partial charge in [-0.15, -0.1) is 0 Å². The van der Waals surface area contributed by atoms with Gasteiger partial charge in [0, 0.05) is 31.6 Å². The zero-order valence-corrected chi connectivity index (χ0v) is 20.7. The minimum Gasteiger partial charge on any atom is -0.484 e. The predicted molar refractivity (Wildman–Crippen MR) is 135 cm³/mol. The van der Waals surface area contributed by atoms with Crippen molar-refractivity contribution in [2.45, 2.75) is 64.5 Å².